The topological polar surface area (TPSA) is 76.7 Å². The van der Waals surface area contributed by atoms with Crippen molar-refractivity contribution in [1.29, 1.82) is 0 Å². The first kappa shape index (κ1) is 19.3. The normalized spacial score (nSPS) is 10.3. The minimum atomic E-state index is -0.355. The van der Waals surface area contributed by atoms with E-state index in [-0.39, 0.29) is 11.8 Å². The molecule has 0 spiro atoms. The van der Waals surface area contributed by atoms with Crippen LogP contribution in [-0.2, 0) is 0 Å². The van der Waals surface area contributed by atoms with Gasteiger partial charge in [0, 0.05) is 18.2 Å². The predicted octanol–water partition coefficient (Wildman–Crippen LogP) is 3.34. The number of benzene rings is 2. The molecule has 0 aliphatic heterocycles. The van der Waals surface area contributed by atoms with Crippen molar-refractivity contribution in [2.75, 3.05) is 26.1 Å². The summed E-state index contributed by atoms with van der Waals surface area (Å²) >= 11 is 0. The van der Waals surface area contributed by atoms with E-state index in [0.29, 0.717) is 40.8 Å². The molecule has 2 N–H and O–H groups in total. The van der Waals surface area contributed by atoms with E-state index in [4.69, 9.17) is 9.47 Å². The van der Waals surface area contributed by atoms with Crippen LogP contribution in [0.5, 0.6) is 11.5 Å². The van der Waals surface area contributed by atoms with Crippen molar-refractivity contribution < 1.29 is 19.1 Å². The van der Waals surface area contributed by atoms with E-state index in [1.54, 1.807) is 42.5 Å². The third-order valence-electron chi connectivity index (χ3n) is 3.70. The lowest BCUT2D eigenvalue weighted by Crippen LogP contribution is -2.28. The van der Waals surface area contributed by atoms with Crippen LogP contribution in [0.25, 0.3) is 0 Å². The Bertz CT molecular complexity index is 765. The molecular formula is C20H24N2O4. The van der Waals surface area contributed by atoms with E-state index >= 15 is 0 Å². The average molecular weight is 356 g/mol. The number of hydrogen-bond donors (Lipinski definition) is 2. The summed E-state index contributed by atoms with van der Waals surface area (Å²) in [7, 11) is 3.04. The molecule has 2 amide bonds. The summed E-state index contributed by atoms with van der Waals surface area (Å²) in [5.74, 6) is 0.781. The van der Waals surface area contributed by atoms with Gasteiger partial charge in [0.1, 0.15) is 11.5 Å². The van der Waals surface area contributed by atoms with Crippen LogP contribution in [0.3, 0.4) is 0 Å². The summed E-state index contributed by atoms with van der Waals surface area (Å²) in [4.78, 5) is 25.0. The largest absolute Gasteiger partial charge is 0.497 e. The molecule has 0 radical (unpaired) electrons. The van der Waals surface area contributed by atoms with E-state index in [1.165, 1.54) is 14.2 Å². The maximum absolute atomic E-state index is 12.6. The van der Waals surface area contributed by atoms with Crippen LogP contribution in [0.15, 0.2) is 42.5 Å². The fourth-order valence-corrected chi connectivity index (χ4v) is 2.32. The van der Waals surface area contributed by atoms with Crippen LogP contribution in [0.2, 0.25) is 0 Å². The van der Waals surface area contributed by atoms with Gasteiger partial charge < -0.3 is 20.1 Å². The number of hydrogen-bond acceptors (Lipinski definition) is 4. The van der Waals surface area contributed by atoms with Crippen molar-refractivity contribution in [3.63, 3.8) is 0 Å². The van der Waals surface area contributed by atoms with E-state index in [1.807, 2.05) is 13.8 Å². The third-order valence-corrected chi connectivity index (χ3v) is 3.70. The summed E-state index contributed by atoms with van der Waals surface area (Å²) < 4.78 is 10.4. The van der Waals surface area contributed by atoms with E-state index < -0.39 is 0 Å². The van der Waals surface area contributed by atoms with Crippen molar-refractivity contribution >= 4 is 17.5 Å². The van der Waals surface area contributed by atoms with Crippen molar-refractivity contribution in [2.45, 2.75) is 13.8 Å². The smallest absolute Gasteiger partial charge is 0.255 e. The molecule has 0 heterocycles. The number of carbonyl (C=O) groups is 2. The maximum atomic E-state index is 12.6. The summed E-state index contributed by atoms with van der Waals surface area (Å²) in [5.41, 5.74) is 1.23. The van der Waals surface area contributed by atoms with Gasteiger partial charge in [0.15, 0.2) is 0 Å². The zero-order valence-electron chi connectivity index (χ0n) is 15.5. The number of para-hydroxylation sites is 1. The third kappa shape index (κ3) is 4.99. The lowest BCUT2D eigenvalue weighted by Gasteiger charge is -2.13. The van der Waals surface area contributed by atoms with E-state index in [2.05, 4.69) is 10.6 Å². The first-order chi connectivity index (χ1) is 12.4. The van der Waals surface area contributed by atoms with Crippen molar-refractivity contribution in [2.24, 2.45) is 5.92 Å². The highest BCUT2D eigenvalue weighted by Crippen LogP contribution is 2.24. The Morgan fingerprint density at radius 3 is 2.15 bits per heavy atom. The molecule has 6 heteroatoms. The second kappa shape index (κ2) is 8.89. The van der Waals surface area contributed by atoms with Gasteiger partial charge in [-0.25, -0.2) is 0 Å². The number of amides is 2. The zero-order chi connectivity index (χ0) is 19.1. The Labute approximate surface area is 153 Å². The molecular weight excluding hydrogens is 332 g/mol. The second-order valence-electron chi connectivity index (χ2n) is 6.20. The van der Waals surface area contributed by atoms with Gasteiger partial charge in [-0.05, 0) is 30.2 Å². The number of nitrogens with one attached hydrogen (secondary N) is 2. The molecule has 0 bridgehead atoms. The lowest BCUT2D eigenvalue weighted by molar-refractivity contribution is 0.0950. The van der Waals surface area contributed by atoms with Crippen molar-refractivity contribution in [1.82, 2.24) is 5.32 Å². The molecule has 0 fully saturated rings. The quantitative estimate of drug-likeness (QED) is 0.798. The molecule has 0 unspecified atom stereocenters. The number of ether oxygens (including phenoxy) is 2. The van der Waals surface area contributed by atoms with Crippen LogP contribution < -0.4 is 20.1 Å². The summed E-state index contributed by atoms with van der Waals surface area (Å²) in [6.07, 6.45) is 0. The molecule has 0 aromatic heterocycles. The van der Waals surface area contributed by atoms with Gasteiger partial charge in [-0.1, -0.05) is 26.0 Å². The van der Waals surface area contributed by atoms with Crippen LogP contribution in [-0.4, -0.2) is 32.6 Å². The fraction of sp³-hybridized carbons (Fsp3) is 0.300. The lowest BCUT2D eigenvalue weighted by atomic mass is 10.1. The highest BCUT2D eigenvalue weighted by molar-refractivity contribution is 6.09. The molecule has 0 aliphatic carbocycles. The molecule has 2 aromatic rings. The Hall–Kier alpha value is -3.02. The molecule has 0 aliphatic rings. The predicted molar refractivity (Wildman–Crippen MR) is 101 cm³/mol. The minimum absolute atomic E-state index is 0.224. The zero-order valence-corrected chi connectivity index (χ0v) is 15.5. The summed E-state index contributed by atoms with van der Waals surface area (Å²) in [6.45, 7) is 4.60. The maximum Gasteiger partial charge on any atom is 0.255 e. The molecule has 2 aromatic carbocycles. The van der Waals surface area contributed by atoms with Gasteiger partial charge in [0.05, 0.1) is 25.5 Å². The van der Waals surface area contributed by atoms with E-state index in [9.17, 15) is 9.59 Å². The van der Waals surface area contributed by atoms with Gasteiger partial charge >= 0.3 is 0 Å². The van der Waals surface area contributed by atoms with Gasteiger partial charge in [-0.2, -0.15) is 0 Å². The molecule has 138 valence electrons. The highest BCUT2D eigenvalue weighted by atomic mass is 16.5. The molecule has 0 saturated heterocycles. The van der Waals surface area contributed by atoms with Gasteiger partial charge in [0.2, 0.25) is 0 Å². The summed E-state index contributed by atoms with van der Waals surface area (Å²) in [6, 6.07) is 11.8. The van der Waals surface area contributed by atoms with Crippen LogP contribution in [0, 0.1) is 5.92 Å². The van der Waals surface area contributed by atoms with Crippen LogP contribution >= 0.6 is 0 Å². The fourth-order valence-electron chi connectivity index (χ4n) is 2.32. The first-order valence-electron chi connectivity index (χ1n) is 8.36. The number of methoxy groups -OCH3 is 2. The Kier molecular flexibility index (Phi) is 6.60. The van der Waals surface area contributed by atoms with E-state index in [0.717, 1.165) is 0 Å². The van der Waals surface area contributed by atoms with Gasteiger partial charge in [-0.3, -0.25) is 9.59 Å². The molecule has 0 saturated carbocycles. The molecule has 26 heavy (non-hydrogen) atoms. The Morgan fingerprint density at radius 1 is 0.962 bits per heavy atom. The van der Waals surface area contributed by atoms with Crippen molar-refractivity contribution in [3.05, 3.63) is 53.6 Å². The Morgan fingerprint density at radius 2 is 1.58 bits per heavy atom. The molecule has 6 nitrogen and oxygen atoms in total. The molecule has 2 rings (SSSR count). The van der Waals surface area contributed by atoms with Crippen LogP contribution in [0.1, 0.15) is 34.6 Å². The highest BCUT2D eigenvalue weighted by Gasteiger charge is 2.15. The van der Waals surface area contributed by atoms with Crippen LogP contribution in [0.4, 0.5) is 5.69 Å². The monoisotopic (exact) mass is 356 g/mol. The minimum Gasteiger partial charge on any atom is -0.497 e. The second-order valence-corrected chi connectivity index (χ2v) is 6.20. The number of rotatable bonds is 7. The van der Waals surface area contributed by atoms with Crippen molar-refractivity contribution in [3.8, 4) is 11.5 Å². The average Bonchev–Trinajstić information content (AvgIpc) is 2.65. The Balaban J connectivity index is 2.23. The standard InChI is InChI=1S/C20H24N2O4/c1-13(2)12-21-20(24)17-7-5-6-8-18(17)22-19(23)14-9-15(25-3)11-16(10-14)26-4/h5-11,13H,12H2,1-4H3,(H,21,24)(H,22,23). The number of carbonyl (C=O) groups excluding carboxylic acids is 2. The molecule has 0 atom stereocenters. The number of anilines is 1. The van der Waals surface area contributed by atoms with Gasteiger partial charge in [0.25, 0.3) is 11.8 Å². The summed E-state index contributed by atoms with van der Waals surface area (Å²) in [5, 5.41) is 5.65. The first-order valence-corrected chi connectivity index (χ1v) is 8.36. The van der Waals surface area contributed by atoms with Gasteiger partial charge in [-0.15, -0.1) is 0 Å². The SMILES string of the molecule is COc1cc(OC)cc(C(=O)Nc2ccccc2C(=O)NCC(C)C)c1.